The number of carbonyl (C=O) groups excluding carboxylic acids is 1. The van der Waals surface area contributed by atoms with Crippen LogP contribution in [0.2, 0.25) is 0 Å². The Kier molecular flexibility index (Phi) is 3.71. The summed E-state index contributed by atoms with van der Waals surface area (Å²) in [5.74, 6) is -0.231. The van der Waals surface area contributed by atoms with Crippen molar-refractivity contribution in [3.8, 4) is 11.1 Å². The minimum Gasteiger partial charge on any atom is -0.321 e. The number of nitrogens with one attached hydrogen (secondary N) is 1. The van der Waals surface area contributed by atoms with E-state index in [2.05, 4.69) is 22.9 Å². The lowest BCUT2D eigenvalue weighted by atomic mass is 10.0. The number of rotatable bonds is 3. The summed E-state index contributed by atoms with van der Waals surface area (Å²) in [6.07, 6.45) is 3.07. The summed E-state index contributed by atoms with van der Waals surface area (Å²) in [6, 6.07) is 15.9. The van der Waals surface area contributed by atoms with Crippen LogP contribution in [0.1, 0.15) is 5.56 Å². The molecule has 108 valence electrons. The Morgan fingerprint density at radius 3 is 2.77 bits per heavy atom. The van der Waals surface area contributed by atoms with Crippen molar-refractivity contribution in [3.63, 3.8) is 0 Å². The lowest BCUT2D eigenvalue weighted by Crippen LogP contribution is -2.09. The van der Waals surface area contributed by atoms with Crippen LogP contribution in [0.3, 0.4) is 0 Å². The summed E-state index contributed by atoms with van der Waals surface area (Å²) in [5.41, 5.74) is 4.70. The predicted molar refractivity (Wildman–Crippen MR) is 90.7 cm³/mol. The summed E-state index contributed by atoms with van der Waals surface area (Å²) in [4.78, 5) is 16.3. The Labute approximate surface area is 129 Å². The Balaban J connectivity index is 2.27. The van der Waals surface area contributed by atoms with Crippen LogP contribution >= 0.6 is 0 Å². The molecule has 0 radical (unpaired) electrons. The summed E-state index contributed by atoms with van der Waals surface area (Å²) in [6.45, 7) is 5.57. The molecule has 3 rings (SSSR count). The van der Waals surface area contributed by atoms with E-state index >= 15 is 0 Å². The first-order chi connectivity index (χ1) is 10.7. The first kappa shape index (κ1) is 14.0. The third-order valence-corrected chi connectivity index (χ3v) is 3.54. The van der Waals surface area contributed by atoms with Gasteiger partial charge in [0.15, 0.2) is 0 Å². The number of pyridine rings is 1. The van der Waals surface area contributed by atoms with Crippen LogP contribution < -0.4 is 5.32 Å². The fourth-order valence-corrected chi connectivity index (χ4v) is 2.48. The lowest BCUT2D eigenvalue weighted by molar-refractivity contribution is -0.111. The van der Waals surface area contributed by atoms with Crippen molar-refractivity contribution < 1.29 is 4.79 Å². The molecule has 0 aliphatic heterocycles. The molecule has 0 saturated heterocycles. The van der Waals surface area contributed by atoms with Gasteiger partial charge in [-0.1, -0.05) is 54.6 Å². The highest BCUT2D eigenvalue weighted by Crippen LogP contribution is 2.33. The van der Waals surface area contributed by atoms with E-state index in [9.17, 15) is 4.79 Å². The number of benzene rings is 2. The summed E-state index contributed by atoms with van der Waals surface area (Å²) < 4.78 is 0. The van der Waals surface area contributed by atoms with Crippen molar-refractivity contribution in [2.24, 2.45) is 0 Å². The maximum absolute atomic E-state index is 11.8. The molecule has 3 aromatic rings. The van der Waals surface area contributed by atoms with Crippen LogP contribution in [0, 0.1) is 6.92 Å². The molecule has 0 spiro atoms. The fraction of sp³-hybridized carbons (Fsp3) is 0.0526. The van der Waals surface area contributed by atoms with Gasteiger partial charge in [0.2, 0.25) is 5.91 Å². The molecular weight excluding hydrogens is 272 g/mol. The maximum Gasteiger partial charge on any atom is 0.247 e. The Hall–Kier alpha value is -2.94. The van der Waals surface area contributed by atoms with Gasteiger partial charge in [-0.2, -0.15) is 0 Å². The highest BCUT2D eigenvalue weighted by atomic mass is 16.1. The van der Waals surface area contributed by atoms with Crippen LogP contribution in [-0.4, -0.2) is 10.9 Å². The first-order valence-corrected chi connectivity index (χ1v) is 7.07. The second kappa shape index (κ2) is 5.82. The van der Waals surface area contributed by atoms with E-state index in [-0.39, 0.29) is 5.91 Å². The van der Waals surface area contributed by atoms with Gasteiger partial charge >= 0.3 is 0 Å². The molecule has 1 amide bonds. The van der Waals surface area contributed by atoms with Gasteiger partial charge in [-0.25, -0.2) is 0 Å². The molecule has 0 aliphatic carbocycles. The number of carbonyl (C=O) groups is 1. The van der Waals surface area contributed by atoms with E-state index in [1.807, 2.05) is 49.4 Å². The minimum atomic E-state index is -0.231. The zero-order valence-corrected chi connectivity index (χ0v) is 12.3. The van der Waals surface area contributed by atoms with Crippen LogP contribution in [0.5, 0.6) is 0 Å². The Bertz CT molecular complexity index is 868. The molecule has 0 unspecified atom stereocenters. The molecule has 0 atom stereocenters. The number of amides is 1. The van der Waals surface area contributed by atoms with Gasteiger partial charge in [0.1, 0.15) is 0 Å². The number of aryl methyl sites for hydroxylation is 1. The molecule has 1 aromatic heterocycles. The molecule has 2 aromatic carbocycles. The summed E-state index contributed by atoms with van der Waals surface area (Å²) in [7, 11) is 0. The molecule has 3 heteroatoms. The number of aromatic nitrogens is 1. The molecule has 3 nitrogen and oxygen atoms in total. The van der Waals surface area contributed by atoms with E-state index in [0.29, 0.717) is 0 Å². The summed E-state index contributed by atoms with van der Waals surface area (Å²) in [5, 5.41) is 3.84. The average Bonchev–Trinajstić information content (AvgIpc) is 2.55. The van der Waals surface area contributed by atoms with Gasteiger partial charge in [0.25, 0.3) is 0 Å². The smallest absolute Gasteiger partial charge is 0.247 e. The number of hydrogen-bond donors (Lipinski definition) is 1. The molecule has 0 aliphatic rings. The van der Waals surface area contributed by atoms with Gasteiger partial charge in [-0.3, -0.25) is 9.78 Å². The normalized spacial score (nSPS) is 10.4. The van der Waals surface area contributed by atoms with Crippen molar-refractivity contribution in [3.05, 3.63) is 72.9 Å². The number of anilines is 1. The topological polar surface area (TPSA) is 42.0 Å². The van der Waals surface area contributed by atoms with Crippen LogP contribution in [0.25, 0.3) is 22.0 Å². The van der Waals surface area contributed by atoms with E-state index in [4.69, 9.17) is 0 Å². The first-order valence-electron chi connectivity index (χ1n) is 7.07. The predicted octanol–water partition coefficient (Wildman–Crippen LogP) is 4.33. The number of hydrogen-bond acceptors (Lipinski definition) is 2. The zero-order chi connectivity index (χ0) is 15.5. The van der Waals surface area contributed by atoms with Crippen LogP contribution in [-0.2, 0) is 4.79 Å². The number of nitrogens with zero attached hydrogens (tertiary/aromatic N) is 1. The van der Waals surface area contributed by atoms with Crippen molar-refractivity contribution in [2.75, 3.05) is 5.32 Å². The SMILES string of the molecule is C=CC(=O)Nc1c(-c2cccc(C)c2)cnc2ccccc12. The van der Waals surface area contributed by atoms with E-state index in [0.717, 1.165) is 33.3 Å². The van der Waals surface area contributed by atoms with Gasteiger partial charge in [-0.05, 0) is 24.6 Å². The van der Waals surface area contributed by atoms with Gasteiger partial charge in [0.05, 0.1) is 11.2 Å². The second-order valence-electron chi connectivity index (χ2n) is 5.13. The number of para-hydroxylation sites is 1. The maximum atomic E-state index is 11.8. The molecule has 1 N–H and O–H groups in total. The second-order valence-corrected chi connectivity index (χ2v) is 5.13. The van der Waals surface area contributed by atoms with E-state index < -0.39 is 0 Å². The molecular formula is C19H16N2O. The largest absolute Gasteiger partial charge is 0.321 e. The number of fused-ring (bicyclic) bond motifs is 1. The third-order valence-electron chi connectivity index (χ3n) is 3.54. The van der Waals surface area contributed by atoms with Gasteiger partial charge < -0.3 is 5.32 Å². The molecule has 0 bridgehead atoms. The monoisotopic (exact) mass is 288 g/mol. The fourth-order valence-electron chi connectivity index (χ4n) is 2.48. The average molecular weight is 288 g/mol. The molecule has 22 heavy (non-hydrogen) atoms. The van der Waals surface area contributed by atoms with Crippen LogP contribution in [0.15, 0.2) is 67.4 Å². The van der Waals surface area contributed by atoms with Gasteiger partial charge in [0, 0.05) is 17.1 Å². The van der Waals surface area contributed by atoms with Crippen LogP contribution in [0.4, 0.5) is 5.69 Å². The van der Waals surface area contributed by atoms with E-state index in [1.165, 1.54) is 6.08 Å². The third kappa shape index (κ3) is 2.61. The van der Waals surface area contributed by atoms with Crippen molar-refractivity contribution in [1.82, 2.24) is 4.98 Å². The van der Waals surface area contributed by atoms with Gasteiger partial charge in [-0.15, -0.1) is 0 Å². The Morgan fingerprint density at radius 1 is 1.18 bits per heavy atom. The van der Waals surface area contributed by atoms with Crippen molar-refractivity contribution in [2.45, 2.75) is 6.92 Å². The van der Waals surface area contributed by atoms with Crippen molar-refractivity contribution in [1.29, 1.82) is 0 Å². The minimum absolute atomic E-state index is 0.231. The highest BCUT2D eigenvalue weighted by molar-refractivity contribution is 6.09. The molecule has 0 fully saturated rings. The quantitative estimate of drug-likeness (QED) is 0.729. The highest BCUT2D eigenvalue weighted by Gasteiger charge is 2.12. The van der Waals surface area contributed by atoms with E-state index in [1.54, 1.807) is 6.20 Å². The summed E-state index contributed by atoms with van der Waals surface area (Å²) >= 11 is 0. The standard InChI is InChI=1S/C19H16N2O/c1-3-18(22)21-19-15-9-4-5-10-17(15)20-12-16(19)14-8-6-7-13(2)11-14/h3-12H,1H2,2H3,(H,20,21,22). The molecule has 1 heterocycles. The van der Waals surface area contributed by atoms with Crippen molar-refractivity contribution >= 4 is 22.5 Å². The zero-order valence-electron chi connectivity index (χ0n) is 12.3. The molecule has 0 saturated carbocycles. The lowest BCUT2D eigenvalue weighted by Gasteiger charge is -2.13. The Morgan fingerprint density at radius 2 is 2.00 bits per heavy atom.